The second-order valence-corrected chi connectivity index (χ2v) is 7.09. The molecule has 1 atom stereocenters. The van der Waals surface area contributed by atoms with Gasteiger partial charge in [-0.2, -0.15) is 0 Å². The number of nitrogens with one attached hydrogen (secondary N) is 1. The van der Waals surface area contributed by atoms with Crippen LogP contribution in [0.25, 0.3) is 0 Å². The number of hydrogen-bond acceptors (Lipinski definition) is 2. The quantitative estimate of drug-likeness (QED) is 0.807. The van der Waals surface area contributed by atoms with Gasteiger partial charge in [0.05, 0.1) is 0 Å². The summed E-state index contributed by atoms with van der Waals surface area (Å²) in [5, 5.41) is 4.19. The number of nitrogens with zero attached hydrogens (tertiary/aromatic N) is 1. The Morgan fingerprint density at radius 1 is 1.22 bits per heavy atom. The molecule has 1 N–H and O–H groups in total. The van der Waals surface area contributed by atoms with Crippen molar-refractivity contribution in [1.29, 1.82) is 0 Å². The van der Waals surface area contributed by atoms with Crippen molar-refractivity contribution in [3.63, 3.8) is 0 Å². The standard InChI is InChI=1S/C18H25ClN2O.ClH/c19-16-7-5-14(6-8-16)9-11-21(13-15-3-4-15)18(22)12-17-2-1-10-20-17;/h5-8,15,17,20H,1-4,9-13H2;1H. The topological polar surface area (TPSA) is 32.3 Å². The molecule has 2 fully saturated rings. The van der Waals surface area contributed by atoms with Gasteiger partial charge in [-0.25, -0.2) is 0 Å². The van der Waals surface area contributed by atoms with Gasteiger partial charge in [-0.15, -0.1) is 12.4 Å². The molecule has 3 rings (SSSR count). The van der Waals surface area contributed by atoms with Crippen LogP contribution in [0.15, 0.2) is 24.3 Å². The molecular weight excluding hydrogens is 331 g/mol. The highest BCUT2D eigenvalue weighted by Crippen LogP contribution is 2.30. The van der Waals surface area contributed by atoms with Crippen molar-refractivity contribution < 1.29 is 4.79 Å². The molecule has 1 amide bonds. The van der Waals surface area contributed by atoms with Gasteiger partial charge in [0.15, 0.2) is 0 Å². The molecule has 3 nitrogen and oxygen atoms in total. The fourth-order valence-electron chi connectivity index (χ4n) is 3.12. The van der Waals surface area contributed by atoms with E-state index < -0.39 is 0 Å². The number of carbonyl (C=O) groups excluding carboxylic acids is 1. The van der Waals surface area contributed by atoms with Crippen LogP contribution in [-0.2, 0) is 11.2 Å². The van der Waals surface area contributed by atoms with Crippen LogP contribution in [0.2, 0.25) is 5.02 Å². The lowest BCUT2D eigenvalue weighted by Crippen LogP contribution is -2.38. The van der Waals surface area contributed by atoms with Gasteiger partial charge in [-0.05, 0) is 62.3 Å². The highest BCUT2D eigenvalue weighted by molar-refractivity contribution is 6.30. The zero-order valence-electron chi connectivity index (χ0n) is 13.5. The third-order valence-electron chi connectivity index (χ3n) is 4.70. The maximum atomic E-state index is 12.6. The number of benzene rings is 1. The lowest BCUT2D eigenvalue weighted by Gasteiger charge is -2.24. The Hall–Kier alpha value is -0.770. The first-order chi connectivity index (χ1) is 10.7. The van der Waals surface area contributed by atoms with Crippen LogP contribution in [0.4, 0.5) is 0 Å². The van der Waals surface area contributed by atoms with Gasteiger partial charge in [0.1, 0.15) is 0 Å². The van der Waals surface area contributed by atoms with E-state index >= 15 is 0 Å². The summed E-state index contributed by atoms with van der Waals surface area (Å²) < 4.78 is 0. The molecule has 5 heteroatoms. The highest BCUT2D eigenvalue weighted by Gasteiger charge is 2.28. The summed E-state index contributed by atoms with van der Waals surface area (Å²) in [6, 6.07) is 8.35. The first kappa shape index (κ1) is 18.6. The number of rotatable bonds is 7. The van der Waals surface area contributed by atoms with E-state index in [4.69, 9.17) is 11.6 Å². The van der Waals surface area contributed by atoms with Crippen molar-refractivity contribution in [2.45, 2.75) is 44.6 Å². The van der Waals surface area contributed by atoms with Crippen LogP contribution in [0.3, 0.4) is 0 Å². The van der Waals surface area contributed by atoms with Crippen LogP contribution in [0.1, 0.15) is 37.7 Å². The Balaban J connectivity index is 0.00000192. The van der Waals surface area contributed by atoms with Gasteiger partial charge in [0.2, 0.25) is 5.91 Å². The van der Waals surface area contributed by atoms with E-state index in [-0.39, 0.29) is 12.4 Å². The van der Waals surface area contributed by atoms with Crippen molar-refractivity contribution in [2.24, 2.45) is 5.92 Å². The van der Waals surface area contributed by atoms with Gasteiger partial charge in [-0.3, -0.25) is 4.79 Å². The van der Waals surface area contributed by atoms with Crippen LogP contribution in [0.5, 0.6) is 0 Å². The summed E-state index contributed by atoms with van der Waals surface area (Å²) >= 11 is 5.93. The molecule has 1 aliphatic carbocycles. The number of amides is 1. The minimum atomic E-state index is 0. The third-order valence-corrected chi connectivity index (χ3v) is 4.95. The predicted octanol–water partition coefficient (Wildman–Crippen LogP) is 3.69. The van der Waals surface area contributed by atoms with E-state index in [2.05, 4.69) is 22.3 Å². The second-order valence-electron chi connectivity index (χ2n) is 6.66. The number of hydrogen-bond donors (Lipinski definition) is 1. The molecule has 0 radical (unpaired) electrons. The Kier molecular flexibility index (Phi) is 7.19. The molecule has 1 heterocycles. The largest absolute Gasteiger partial charge is 0.342 e. The smallest absolute Gasteiger partial charge is 0.224 e. The van der Waals surface area contributed by atoms with Crippen molar-refractivity contribution >= 4 is 29.9 Å². The fourth-order valence-corrected chi connectivity index (χ4v) is 3.24. The molecule has 128 valence electrons. The summed E-state index contributed by atoms with van der Waals surface area (Å²) in [4.78, 5) is 14.7. The van der Waals surface area contributed by atoms with Crippen molar-refractivity contribution in [3.8, 4) is 0 Å². The molecule has 2 aliphatic rings. The molecular formula is C18H26Cl2N2O. The molecule has 0 spiro atoms. The molecule has 1 aromatic carbocycles. The molecule has 23 heavy (non-hydrogen) atoms. The summed E-state index contributed by atoms with van der Waals surface area (Å²) in [5.74, 6) is 1.06. The van der Waals surface area contributed by atoms with Crippen LogP contribution < -0.4 is 5.32 Å². The summed E-state index contributed by atoms with van der Waals surface area (Å²) in [7, 11) is 0. The Labute approximate surface area is 150 Å². The van der Waals surface area contributed by atoms with Gasteiger partial charge < -0.3 is 10.2 Å². The fraction of sp³-hybridized carbons (Fsp3) is 0.611. The Morgan fingerprint density at radius 2 is 1.96 bits per heavy atom. The third kappa shape index (κ3) is 5.98. The highest BCUT2D eigenvalue weighted by atomic mass is 35.5. The van der Waals surface area contributed by atoms with Crippen molar-refractivity contribution in [1.82, 2.24) is 10.2 Å². The molecule has 0 aromatic heterocycles. The van der Waals surface area contributed by atoms with Crippen LogP contribution in [-0.4, -0.2) is 36.5 Å². The maximum Gasteiger partial charge on any atom is 0.224 e. The Bertz CT molecular complexity index is 496. The molecule has 0 bridgehead atoms. The first-order valence-electron chi connectivity index (χ1n) is 8.46. The van der Waals surface area contributed by atoms with E-state index in [9.17, 15) is 4.79 Å². The van der Waals surface area contributed by atoms with Gasteiger partial charge in [0, 0.05) is 30.6 Å². The average molecular weight is 357 g/mol. The zero-order chi connectivity index (χ0) is 15.4. The van der Waals surface area contributed by atoms with Gasteiger partial charge >= 0.3 is 0 Å². The molecule has 1 aromatic rings. The van der Waals surface area contributed by atoms with Crippen LogP contribution in [0, 0.1) is 5.92 Å². The summed E-state index contributed by atoms with van der Waals surface area (Å²) in [6.45, 7) is 2.83. The van der Waals surface area contributed by atoms with E-state index in [1.165, 1.54) is 24.8 Å². The predicted molar refractivity (Wildman–Crippen MR) is 97.3 cm³/mol. The molecule has 1 unspecified atom stereocenters. The normalized spacial score (nSPS) is 20.1. The zero-order valence-corrected chi connectivity index (χ0v) is 15.0. The first-order valence-corrected chi connectivity index (χ1v) is 8.84. The van der Waals surface area contributed by atoms with Crippen molar-refractivity contribution in [2.75, 3.05) is 19.6 Å². The van der Waals surface area contributed by atoms with Gasteiger partial charge in [0.25, 0.3) is 0 Å². The lowest BCUT2D eigenvalue weighted by atomic mass is 10.1. The Morgan fingerprint density at radius 3 is 2.57 bits per heavy atom. The summed E-state index contributed by atoms with van der Waals surface area (Å²) in [6.07, 6.45) is 6.48. The molecule has 1 saturated heterocycles. The van der Waals surface area contributed by atoms with E-state index in [0.717, 1.165) is 43.4 Å². The SMILES string of the molecule is Cl.O=C(CC1CCCN1)N(CCc1ccc(Cl)cc1)CC1CC1. The van der Waals surface area contributed by atoms with E-state index in [1.54, 1.807) is 0 Å². The second kappa shape index (κ2) is 8.91. The average Bonchev–Trinajstić information content (AvgIpc) is 3.19. The number of carbonyl (C=O) groups is 1. The van der Waals surface area contributed by atoms with Crippen LogP contribution >= 0.6 is 24.0 Å². The van der Waals surface area contributed by atoms with Crippen molar-refractivity contribution in [3.05, 3.63) is 34.9 Å². The lowest BCUT2D eigenvalue weighted by molar-refractivity contribution is -0.131. The molecule has 1 saturated carbocycles. The van der Waals surface area contributed by atoms with Gasteiger partial charge in [-0.1, -0.05) is 23.7 Å². The van der Waals surface area contributed by atoms with E-state index in [0.29, 0.717) is 18.4 Å². The number of halogens is 2. The minimum Gasteiger partial charge on any atom is -0.342 e. The molecule has 1 aliphatic heterocycles. The van der Waals surface area contributed by atoms with E-state index in [1.807, 2.05) is 12.1 Å². The monoisotopic (exact) mass is 356 g/mol. The minimum absolute atomic E-state index is 0. The maximum absolute atomic E-state index is 12.6. The summed E-state index contributed by atoms with van der Waals surface area (Å²) in [5.41, 5.74) is 1.25.